The Morgan fingerprint density at radius 1 is 0.897 bits per heavy atom. The molecule has 3 rings (SSSR count). The SMILES string of the molecule is COc1ccc(N2CCN(C=O)CC2)cc1NC(=O)c1ccc(OC)c(OC)c1. The van der Waals surface area contributed by atoms with Crippen LogP contribution in [-0.4, -0.2) is 64.7 Å². The highest BCUT2D eigenvalue weighted by Gasteiger charge is 2.18. The Morgan fingerprint density at radius 3 is 2.17 bits per heavy atom. The van der Waals surface area contributed by atoms with Crippen molar-refractivity contribution in [1.82, 2.24) is 4.90 Å². The van der Waals surface area contributed by atoms with Crippen molar-refractivity contribution in [3.63, 3.8) is 0 Å². The van der Waals surface area contributed by atoms with Gasteiger partial charge in [0.2, 0.25) is 6.41 Å². The first-order valence-electron chi connectivity index (χ1n) is 9.25. The van der Waals surface area contributed by atoms with E-state index in [4.69, 9.17) is 14.2 Å². The van der Waals surface area contributed by atoms with Gasteiger partial charge in [0.05, 0.1) is 27.0 Å². The molecule has 154 valence electrons. The predicted molar refractivity (Wildman–Crippen MR) is 110 cm³/mol. The van der Waals surface area contributed by atoms with Crippen LogP contribution in [0.3, 0.4) is 0 Å². The summed E-state index contributed by atoms with van der Waals surface area (Å²) in [5.74, 6) is 1.31. The normalized spacial score (nSPS) is 13.6. The van der Waals surface area contributed by atoms with Gasteiger partial charge in [0, 0.05) is 37.4 Å². The Bertz CT molecular complexity index is 879. The average molecular weight is 399 g/mol. The molecule has 29 heavy (non-hydrogen) atoms. The zero-order valence-electron chi connectivity index (χ0n) is 16.8. The van der Waals surface area contributed by atoms with E-state index in [0.717, 1.165) is 25.2 Å². The third kappa shape index (κ3) is 4.53. The van der Waals surface area contributed by atoms with Crippen LogP contribution in [0.4, 0.5) is 11.4 Å². The molecule has 2 aromatic carbocycles. The van der Waals surface area contributed by atoms with E-state index in [1.54, 1.807) is 37.3 Å². The number of piperazine rings is 1. The van der Waals surface area contributed by atoms with Gasteiger partial charge in [0.1, 0.15) is 5.75 Å². The van der Waals surface area contributed by atoms with E-state index in [9.17, 15) is 9.59 Å². The number of methoxy groups -OCH3 is 3. The van der Waals surface area contributed by atoms with Gasteiger partial charge in [0.15, 0.2) is 11.5 Å². The zero-order chi connectivity index (χ0) is 20.8. The minimum atomic E-state index is -0.285. The maximum Gasteiger partial charge on any atom is 0.255 e. The van der Waals surface area contributed by atoms with E-state index >= 15 is 0 Å². The van der Waals surface area contributed by atoms with E-state index in [-0.39, 0.29) is 5.91 Å². The van der Waals surface area contributed by atoms with Gasteiger partial charge in [-0.2, -0.15) is 0 Å². The second-order valence-corrected chi connectivity index (χ2v) is 6.54. The molecular weight excluding hydrogens is 374 g/mol. The van der Waals surface area contributed by atoms with Gasteiger partial charge in [-0.15, -0.1) is 0 Å². The van der Waals surface area contributed by atoms with Crippen molar-refractivity contribution in [2.45, 2.75) is 0 Å². The number of rotatable bonds is 7. The molecular formula is C21H25N3O5. The average Bonchev–Trinajstić information content (AvgIpc) is 2.78. The van der Waals surface area contributed by atoms with E-state index < -0.39 is 0 Å². The van der Waals surface area contributed by atoms with Gasteiger partial charge in [-0.25, -0.2) is 0 Å². The van der Waals surface area contributed by atoms with Crippen LogP contribution in [0.25, 0.3) is 0 Å². The van der Waals surface area contributed by atoms with Crippen molar-refractivity contribution < 1.29 is 23.8 Å². The quantitative estimate of drug-likeness (QED) is 0.720. The number of nitrogens with zero attached hydrogens (tertiary/aromatic N) is 2. The molecule has 0 unspecified atom stereocenters. The van der Waals surface area contributed by atoms with E-state index in [1.807, 2.05) is 18.2 Å². The molecule has 1 aliphatic rings. The van der Waals surface area contributed by atoms with Crippen LogP contribution >= 0.6 is 0 Å². The molecule has 1 aliphatic heterocycles. The lowest BCUT2D eigenvalue weighted by molar-refractivity contribution is -0.118. The van der Waals surface area contributed by atoms with Crippen molar-refractivity contribution >= 4 is 23.7 Å². The van der Waals surface area contributed by atoms with Crippen molar-refractivity contribution in [2.24, 2.45) is 0 Å². The minimum absolute atomic E-state index is 0.285. The first-order valence-corrected chi connectivity index (χ1v) is 9.25. The Morgan fingerprint density at radius 2 is 1.55 bits per heavy atom. The second-order valence-electron chi connectivity index (χ2n) is 6.54. The van der Waals surface area contributed by atoms with Gasteiger partial charge in [-0.05, 0) is 36.4 Å². The maximum atomic E-state index is 12.8. The summed E-state index contributed by atoms with van der Waals surface area (Å²) in [6.45, 7) is 2.80. The first kappa shape index (κ1) is 20.3. The fraction of sp³-hybridized carbons (Fsp3) is 0.333. The molecule has 0 bridgehead atoms. The van der Waals surface area contributed by atoms with Crippen molar-refractivity contribution in [1.29, 1.82) is 0 Å². The number of nitrogens with one attached hydrogen (secondary N) is 1. The number of amides is 2. The van der Waals surface area contributed by atoms with Gasteiger partial charge in [-0.3, -0.25) is 9.59 Å². The van der Waals surface area contributed by atoms with Crippen molar-refractivity contribution in [3.05, 3.63) is 42.0 Å². The summed E-state index contributed by atoms with van der Waals surface area (Å²) in [5.41, 5.74) is 1.97. The minimum Gasteiger partial charge on any atom is -0.495 e. The molecule has 8 heteroatoms. The van der Waals surface area contributed by atoms with Crippen LogP contribution in [0.2, 0.25) is 0 Å². The third-order valence-corrected chi connectivity index (χ3v) is 4.91. The fourth-order valence-corrected chi connectivity index (χ4v) is 3.25. The molecule has 8 nitrogen and oxygen atoms in total. The highest BCUT2D eigenvalue weighted by molar-refractivity contribution is 6.05. The third-order valence-electron chi connectivity index (χ3n) is 4.91. The van der Waals surface area contributed by atoms with Crippen LogP contribution in [-0.2, 0) is 4.79 Å². The van der Waals surface area contributed by atoms with Crippen molar-refractivity contribution in [3.8, 4) is 17.2 Å². The number of anilines is 2. The highest BCUT2D eigenvalue weighted by atomic mass is 16.5. The maximum absolute atomic E-state index is 12.8. The summed E-state index contributed by atoms with van der Waals surface area (Å²) in [6.07, 6.45) is 0.875. The molecule has 2 aromatic rings. The summed E-state index contributed by atoms with van der Waals surface area (Å²) in [5, 5.41) is 2.91. The zero-order valence-corrected chi connectivity index (χ0v) is 16.8. The lowest BCUT2D eigenvalue weighted by Crippen LogP contribution is -2.45. The molecule has 1 N–H and O–H groups in total. The monoisotopic (exact) mass is 399 g/mol. The molecule has 0 radical (unpaired) electrons. The lowest BCUT2D eigenvalue weighted by atomic mass is 10.1. The Hall–Kier alpha value is -3.42. The molecule has 2 amide bonds. The standard InChI is InChI=1S/C21H25N3O5/c1-27-18-7-5-16(24-10-8-23(14-25)9-11-24)13-17(18)22-21(26)15-4-6-19(28-2)20(12-15)29-3/h4-7,12-14H,8-11H2,1-3H3,(H,22,26). The Labute approximate surface area is 170 Å². The number of hydrogen-bond acceptors (Lipinski definition) is 6. The number of carbonyl (C=O) groups excluding carboxylic acids is 2. The van der Waals surface area contributed by atoms with Gasteiger partial charge in [0.25, 0.3) is 5.91 Å². The summed E-state index contributed by atoms with van der Waals surface area (Å²) in [4.78, 5) is 27.6. The van der Waals surface area contributed by atoms with Gasteiger partial charge < -0.3 is 29.3 Å². The van der Waals surface area contributed by atoms with Gasteiger partial charge >= 0.3 is 0 Å². The smallest absolute Gasteiger partial charge is 0.255 e. The van der Waals surface area contributed by atoms with Crippen LogP contribution in [0.5, 0.6) is 17.2 Å². The predicted octanol–water partition coefficient (Wildman–Crippen LogP) is 2.24. The number of carbonyl (C=O) groups is 2. The van der Waals surface area contributed by atoms with E-state index in [1.165, 1.54) is 7.11 Å². The van der Waals surface area contributed by atoms with Crippen LogP contribution in [0.15, 0.2) is 36.4 Å². The number of benzene rings is 2. The Kier molecular flexibility index (Phi) is 6.43. The summed E-state index contributed by atoms with van der Waals surface area (Å²) >= 11 is 0. The lowest BCUT2D eigenvalue weighted by Gasteiger charge is -2.34. The van der Waals surface area contributed by atoms with Crippen LogP contribution in [0.1, 0.15) is 10.4 Å². The summed E-state index contributed by atoms with van der Waals surface area (Å²) in [6, 6.07) is 10.6. The molecule has 0 aliphatic carbocycles. The van der Waals surface area contributed by atoms with E-state index in [2.05, 4.69) is 10.2 Å². The molecule has 0 aromatic heterocycles. The van der Waals surface area contributed by atoms with Crippen LogP contribution < -0.4 is 24.4 Å². The summed E-state index contributed by atoms with van der Waals surface area (Å²) < 4.78 is 15.9. The fourth-order valence-electron chi connectivity index (χ4n) is 3.25. The molecule has 1 saturated heterocycles. The number of hydrogen-bond donors (Lipinski definition) is 1. The Balaban J connectivity index is 1.80. The second kappa shape index (κ2) is 9.18. The molecule has 0 saturated carbocycles. The largest absolute Gasteiger partial charge is 0.495 e. The molecule has 0 spiro atoms. The highest BCUT2D eigenvalue weighted by Crippen LogP contribution is 2.32. The topological polar surface area (TPSA) is 80.3 Å². The molecule has 1 heterocycles. The number of ether oxygens (including phenoxy) is 3. The molecule has 1 fully saturated rings. The summed E-state index contributed by atoms with van der Waals surface area (Å²) in [7, 11) is 4.63. The molecule has 0 atom stereocenters. The van der Waals surface area contributed by atoms with Crippen molar-refractivity contribution in [2.75, 3.05) is 57.7 Å². The van der Waals surface area contributed by atoms with Gasteiger partial charge in [-0.1, -0.05) is 0 Å². The van der Waals surface area contributed by atoms with E-state index in [0.29, 0.717) is 41.6 Å². The first-order chi connectivity index (χ1) is 14.1. The van der Waals surface area contributed by atoms with Crippen LogP contribution in [0, 0.1) is 0 Å².